The van der Waals surface area contributed by atoms with Crippen LogP contribution in [-0.2, 0) is 14.3 Å². The molecular weight excluding hydrogens is 512 g/mol. The number of para-hydroxylation sites is 1. The Hall–Kier alpha value is -4.92. The van der Waals surface area contributed by atoms with Gasteiger partial charge in [0.15, 0.2) is 17.3 Å². The number of ether oxygens (including phenoxy) is 3. The van der Waals surface area contributed by atoms with E-state index in [9.17, 15) is 19.2 Å². The summed E-state index contributed by atoms with van der Waals surface area (Å²) in [5.41, 5.74) is 2.32. The summed E-state index contributed by atoms with van der Waals surface area (Å²) in [6.07, 6.45) is 3.68. The standard InChI is InChI=1S/C31H26N2O7/c1-38-22-13-12-18(16-23(22)39-2)28(34)27-25-24(26-19-9-5-4-8-17(19)14-15-32(26)27)29(35)33(30(25)36)21-11-7-6-10-20(21)31(37)40-3/h4-16,24-27H,1-3H3. The van der Waals surface area contributed by atoms with E-state index in [-0.39, 0.29) is 17.0 Å². The highest BCUT2D eigenvalue weighted by atomic mass is 16.5. The van der Waals surface area contributed by atoms with Gasteiger partial charge in [-0.3, -0.25) is 14.4 Å². The van der Waals surface area contributed by atoms with Crippen LogP contribution in [0.3, 0.4) is 0 Å². The molecule has 3 aromatic rings. The molecule has 0 spiro atoms. The number of anilines is 1. The molecule has 0 bridgehead atoms. The molecule has 40 heavy (non-hydrogen) atoms. The van der Waals surface area contributed by atoms with Gasteiger partial charge >= 0.3 is 5.97 Å². The van der Waals surface area contributed by atoms with Gasteiger partial charge in [0.1, 0.15) is 6.04 Å². The van der Waals surface area contributed by atoms with Gasteiger partial charge in [-0.05, 0) is 47.5 Å². The summed E-state index contributed by atoms with van der Waals surface area (Å²) in [6.45, 7) is 0. The van der Waals surface area contributed by atoms with Gasteiger partial charge in [0.25, 0.3) is 0 Å². The Kier molecular flexibility index (Phi) is 6.14. The second-order valence-corrected chi connectivity index (χ2v) is 9.79. The number of hydrogen-bond donors (Lipinski definition) is 0. The number of benzene rings is 3. The van der Waals surface area contributed by atoms with Gasteiger partial charge in [0, 0.05) is 11.8 Å². The van der Waals surface area contributed by atoms with Crippen LogP contribution in [-0.4, -0.2) is 55.8 Å². The highest BCUT2D eigenvalue weighted by Gasteiger charge is 2.64. The lowest BCUT2D eigenvalue weighted by Crippen LogP contribution is -2.44. The highest BCUT2D eigenvalue weighted by Crippen LogP contribution is 2.54. The number of nitrogens with zero attached hydrogens (tertiary/aromatic N) is 2. The van der Waals surface area contributed by atoms with Crippen LogP contribution in [0.15, 0.2) is 72.9 Å². The van der Waals surface area contributed by atoms with Crippen LogP contribution in [0, 0.1) is 11.8 Å². The fourth-order valence-corrected chi connectivity index (χ4v) is 6.21. The summed E-state index contributed by atoms with van der Waals surface area (Å²) >= 11 is 0. The van der Waals surface area contributed by atoms with Crippen molar-refractivity contribution in [3.63, 3.8) is 0 Å². The predicted octanol–water partition coefficient (Wildman–Crippen LogP) is 3.89. The lowest BCUT2D eigenvalue weighted by molar-refractivity contribution is -0.123. The molecule has 9 heteroatoms. The van der Waals surface area contributed by atoms with Crippen molar-refractivity contribution in [2.45, 2.75) is 12.1 Å². The molecule has 3 heterocycles. The Labute approximate surface area is 230 Å². The normalized spacial score (nSPS) is 22.5. The molecule has 3 aromatic carbocycles. The second kappa shape index (κ2) is 9.68. The van der Waals surface area contributed by atoms with Crippen LogP contribution >= 0.6 is 0 Å². The molecule has 9 nitrogen and oxygen atoms in total. The molecule has 2 saturated heterocycles. The van der Waals surface area contributed by atoms with E-state index in [1.165, 1.54) is 27.4 Å². The zero-order valence-corrected chi connectivity index (χ0v) is 22.1. The van der Waals surface area contributed by atoms with Crippen molar-refractivity contribution >= 4 is 35.3 Å². The number of carbonyl (C=O) groups excluding carboxylic acids is 4. The monoisotopic (exact) mass is 538 g/mol. The Balaban J connectivity index is 1.50. The van der Waals surface area contributed by atoms with Crippen molar-refractivity contribution in [2.75, 3.05) is 26.2 Å². The van der Waals surface area contributed by atoms with Gasteiger partial charge in [-0.25, -0.2) is 9.69 Å². The van der Waals surface area contributed by atoms with E-state index >= 15 is 0 Å². The van der Waals surface area contributed by atoms with Crippen molar-refractivity contribution in [2.24, 2.45) is 11.8 Å². The molecule has 6 rings (SSSR count). The van der Waals surface area contributed by atoms with Gasteiger partial charge in [0.05, 0.1) is 50.5 Å². The van der Waals surface area contributed by atoms with Crippen LogP contribution in [0.25, 0.3) is 6.08 Å². The second-order valence-electron chi connectivity index (χ2n) is 9.79. The van der Waals surface area contributed by atoms with E-state index in [0.29, 0.717) is 17.1 Å². The minimum Gasteiger partial charge on any atom is -0.493 e. The average Bonchev–Trinajstić information content (AvgIpc) is 3.47. The number of carbonyl (C=O) groups is 4. The number of fused-ring (bicyclic) bond motifs is 5. The quantitative estimate of drug-likeness (QED) is 0.265. The topological polar surface area (TPSA) is 102 Å². The molecule has 2 amide bonds. The molecule has 0 aliphatic carbocycles. The van der Waals surface area contributed by atoms with Crippen LogP contribution in [0.2, 0.25) is 0 Å². The minimum atomic E-state index is -0.986. The first-order chi connectivity index (χ1) is 19.4. The maximum Gasteiger partial charge on any atom is 0.339 e. The van der Waals surface area contributed by atoms with E-state index in [1.807, 2.05) is 35.2 Å². The predicted molar refractivity (Wildman–Crippen MR) is 145 cm³/mol. The summed E-state index contributed by atoms with van der Waals surface area (Å²) < 4.78 is 15.6. The first-order valence-electron chi connectivity index (χ1n) is 12.8. The maximum absolute atomic E-state index is 14.2. The lowest BCUT2D eigenvalue weighted by atomic mass is 9.83. The molecule has 0 radical (unpaired) electrons. The third-order valence-corrected chi connectivity index (χ3v) is 7.95. The Morgan fingerprint density at radius 2 is 1.50 bits per heavy atom. The number of amides is 2. The van der Waals surface area contributed by atoms with Crippen LogP contribution < -0.4 is 14.4 Å². The van der Waals surface area contributed by atoms with Crippen LogP contribution in [0.1, 0.15) is 37.9 Å². The zero-order valence-electron chi connectivity index (χ0n) is 22.1. The molecule has 4 unspecified atom stereocenters. The van der Waals surface area contributed by atoms with E-state index in [2.05, 4.69) is 0 Å². The molecule has 2 fully saturated rings. The van der Waals surface area contributed by atoms with Gasteiger partial charge in [-0.2, -0.15) is 0 Å². The van der Waals surface area contributed by atoms with Crippen molar-refractivity contribution in [1.82, 2.24) is 4.90 Å². The molecule has 4 atom stereocenters. The summed E-state index contributed by atoms with van der Waals surface area (Å²) in [6, 6.07) is 17.3. The lowest BCUT2D eigenvalue weighted by Gasteiger charge is -2.35. The smallest absolute Gasteiger partial charge is 0.339 e. The molecule has 202 valence electrons. The number of rotatable bonds is 6. The first-order valence-corrected chi connectivity index (χ1v) is 12.8. The fourth-order valence-electron chi connectivity index (χ4n) is 6.21. The molecular formula is C31H26N2O7. The Bertz CT molecular complexity index is 1600. The molecule has 3 aliphatic heterocycles. The summed E-state index contributed by atoms with van der Waals surface area (Å²) in [4.78, 5) is 58.0. The fraction of sp³-hybridized carbons (Fsp3) is 0.226. The van der Waals surface area contributed by atoms with Crippen LogP contribution in [0.5, 0.6) is 11.5 Å². The number of imide groups is 1. The molecule has 3 aliphatic rings. The van der Waals surface area contributed by atoms with Gasteiger partial charge in [-0.15, -0.1) is 0 Å². The molecule has 0 saturated carbocycles. The third-order valence-electron chi connectivity index (χ3n) is 7.95. The SMILES string of the molecule is COC(=O)c1ccccc1N1C(=O)C2C(C1=O)C1c3ccccc3C=CN1C2C(=O)c1ccc(OC)c(OC)c1. The van der Waals surface area contributed by atoms with Crippen molar-refractivity contribution in [3.8, 4) is 11.5 Å². The average molecular weight is 539 g/mol. The number of esters is 1. The highest BCUT2D eigenvalue weighted by molar-refractivity contribution is 6.26. The summed E-state index contributed by atoms with van der Waals surface area (Å²) in [7, 11) is 4.22. The first kappa shape index (κ1) is 25.4. The summed E-state index contributed by atoms with van der Waals surface area (Å²) in [5.74, 6) is -2.99. The number of ketones is 1. The van der Waals surface area contributed by atoms with E-state index in [0.717, 1.165) is 16.0 Å². The summed E-state index contributed by atoms with van der Waals surface area (Å²) in [5, 5.41) is 0. The van der Waals surface area contributed by atoms with E-state index < -0.39 is 41.7 Å². The minimum absolute atomic E-state index is 0.0928. The Morgan fingerprint density at radius 1 is 0.800 bits per heavy atom. The van der Waals surface area contributed by atoms with Gasteiger partial charge < -0.3 is 19.1 Å². The van der Waals surface area contributed by atoms with Crippen molar-refractivity contribution in [1.29, 1.82) is 0 Å². The number of hydrogen-bond acceptors (Lipinski definition) is 8. The van der Waals surface area contributed by atoms with Crippen LogP contribution in [0.4, 0.5) is 5.69 Å². The van der Waals surface area contributed by atoms with Gasteiger partial charge in [0.2, 0.25) is 11.8 Å². The zero-order chi connectivity index (χ0) is 28.1. The van der Waals surface area contributed by atoms with Crippen molar-refractivity contribution in [3.05, 3.63) is 95.2 Å². The Morgan fingerprint density at radius 3 is 2.25 bits per heavy atom. The molecule has 0 aromatic heterocycles. The number of methoxy groups -OCH3 is 3. The van der Waals surface area contributed by atoms with Crippen molar-refractivity contribution < 1.29 is 33.4 Å². The largest absolute Gasteiger partial charge is 0.493 e. The van der Waals surface area contributed by atoms with E-state index in [1.54, 1.807) is 42.6 Å². The third kappa shape index (κ3) is 3.61. The number of Topliss-reactive ketones (excluding diaryl/α,β-unsaturated/α-hetero) is 1. The van der Waals surface area contributed by atoms with E-state index in [4.69, 9.17) is 14.2 Å². The van der Waals surface area contributed by atoms with Gasteiger partial charge in [-0.1, -0.05) is 36.4 Å². The maximum atomic E-state index is 14.2. The molecule has 0 N–H and O–H groups in total.